The molecule has 4 nitrogen and oxygen atoms in total. The molecule has 1 aromatic carbocycles. The van der Waals surface area contributed by atoms with Crippen molar-refractivity contribution in [1.29, 1.82) is 0 Å². The maximum atomic E-state index is 12.1. The van der Waals surface area contributed by atoms with Crippen LogP contribution in [-0.2, 0) is 4.79 Å². The van der Waals surface area contributed by atoms with Crippen molar-refractivity contribution in [2.45, 2.75) is 32.1 Å². The highest BCUT2D eigenvalue weighted by atomic mass is 35.5. The lowest BCUT2D eigenvalue weighted by molar-refractivity contribution is -0.120. The van der Waals surface area contributed by atoms with Crippen LogP contribution in [0.15, 0.2) is 18.2 Å². The molecule has 0 saturated heterocycles. The number of nitrogen functional groups attached to an aromatic ring is 1. The van der Waals surface area contributed by atoms with Crippen LogP contribution in [-0.4, -0.2) is 13.0 Å². The first-order chi connectivity index (χ1) is 8.70. The number of benzene rings is 1. The van der Waals surface area contributed by atoms with Crippen molar-refractivity contribution in [2.24, 2.45) is 5.92 Å². The molecule has 2 rings (SSSR count). The van der Waals surface area contributed by atoms with Crippen LogP contribution in [0.25, 0.3) is 0 Å². The molecule has 0 unspecified atom stereocenters. The van der Waals surface area contributed by atoms with Crippen LogP contribution >= 0.6 is 12.4 Å². The number of carbonyl (C=O) groups is 1. The van der Waals surface area contributed by atoms with Gasteiger partial charge in [0.25, 0.3) is 0 Å². The number of hydrogen-bond acceptors (Lipinski definition) is 3. The van der Waals surface area contributed by atoms with Gasteiger partial charge < -0.3 is 15.8 Å². The van der Waals surface area contributed by atoms with Crippen LogP contribution < -0.4 is 15.8 Å². The molecular weight excluding hydrogens is 264 g/mol. The summed E-state index contributed by atoms with van der Waals surface area (Å²) in [6, 6.07) is 5.32. The van der Waals surface area contributed by atoms with E-state index in [1.165, 1.54) is 6.42 Å². The largest absolute Gasteiger partial charge is 0.495 e. The Hall–Kier alpha value is -1.42. The third-order valence-electron chi connectivity index (χ3n) is 3.47. The minimum atomic E-state index is 0. The van der Waals surface area contributed by atoms with E-state index in [4.69, 9.17) is 10.5 Å². The maximum Gasteiger partial charge on any atom is 0.227 e. The van der Waals surface area contributed by atoms with Crippen molar-refractivity contribution in [2.75, 3.05) is 18.2 Å². The molecule has 19 heavy (non-hydrogen) atoms. The van der Waals surface area contributed by atoms with E-state index in [9.17, 15) is 4.79 Å². The van der Waals surface area contributed by atoms with Crippen LogP contribution in [0.3, 0.4) is 0 Å². The molecule has 0 spiro atoms. The van der Waals surface area contributed by atoms with Crippen LogP contribution in [0.2, 0.25) is 0 Å². The van der Waals surface area contributed by atoms with Crippen molar-refractivity contribution in [3.63, 3.8) is 0 Å². The van der Waals surface area contributed by atoms with Crippen LogP contribution in [0.1, 0.15) is 32.1 Å². The number of nitrogens with two attached hydrogens (primary N) is 1. The van der Waals surface area contributed by atoms with Gasteiger partial charge in [-0.1, -0.05) is 19.3 Å². The van der Waals surface area contributed by atoms with Crippen LogP contribution in [0.5, 0.6) is 5.75 Å². The van der Waals surface area contributed by atoms with Gasteiger partial charge in [-0.15, -0.1) is 12.4 Å². The number of halogens is 1. The number of carbonyl (C=O) groups excluding carboxylic acids is 1. The highest BCUT2D eigenvalue weighted by Crippen LogP contribution is 2.27. The molecule has 1 fully saturated rings. The SMILES string of the molecule is COc1ccc(NC(=O)C2CCCCC2)cc1N.Cl. The first-order valence-corrected chi connectivity index (χ1v) is 6.45. The van der Waals surface area contributed by atoms with Gasteiger partial charge in [0.2, 0.25) is 5.91 Å². The number of hydrogen-bond donors (Lipinski definition) is 2. The van der Waals surface area contributed by atoms with Crippen LogP contribution in [0.4, 0.5) is 11.4 Å². The number of rotatable bonds is 3. The number of nitrogens with one attached hydrogen (secondary N) is 1. The van der Waals surface area contributed by atoms with E-state index < -0.39 is 0 Å². The second-order valence-corrected chi connectivity index (χ2v) is 4.78. The molecule has 0 aromatic heterocycles. The lowest BCUT2D eigenvalue weighted by Gasteiger charge is -2.20. The zero-order valence-corrected chi connectivity index (χ0v) is 12.0. The lowest BCUT2D eigenvalue weighted by atomic mass is 9.88. The maximum absolute atomic E-state index is 12.1. The Morgan fingerprint density at radius 3 is 2.58 bits per heavy atom. The average molecular weight is 285 g/mol. The van der Waals surface area contributed by atoms with Crippen molar-refractivity contribution in [3.05, 3.63) is 18.2 Å². The minimum Gasteiger partial charge on any atom is -0.495 e. The van der Waals surface area contributed by atoms with Crippen molar-refractivity contribution < 1.29 is 9.53 Å². The zero-order chi connectivity index (χ0) is 13.0. The molecule has 1 aliphatic rings. The van der Waals surface area contributed by atoms with E-state index in [2.05, 4.69) is 5.32 Å². The third-order valence-corrected chi connectivity index (χ3v) is 3.47. The van der Waals surface area contributed by atoms with Crippen molar-refractivity contribution in [1.82, 2.24) is 0 Å². The Balaban J connectivity index is 0.00000180. The summed E-state index contributed by atoms with van der Waals surface area (Å²) < 4.78 is 5.08. The zero-order valence-electron chi connectivity index (χ0n) is 11.1. The standard InChI is InChI=1S/C14H20N2O2.ClH/c1-18-13-8-7-11(9-12(13)15)16-14(17)10-5-3-2-4-6-10;/h7-10H,2-6,15H2,1H3,(H,16,17);1H. The van der Waals surface area contributed by atoms with Gasteiger partial charge in [0.05, 0.1) is 12.8 Å². The summed E-state index contributed by atoms with van der Waals surface area (Å²) in [5.74, 6) is 0.895. The third kappa shape index (κ3) is 4.03. The Bertz CT molecular complexity index is 431. The minimum absolute atomic E-state index is 0. The Morgan fingerprint density at radius 1 is 1.32 bits per heavy atom. The van der Waals surface area contributed by atoms with Gasteiger partial charge in [-0.25, -0.2) is 0 Å². The number of anilines is 2. The van der Waals surface area contributed by atoms with Crippen LogP contribution in [0, 0.1) is 5.92 Å². The Morgan fingerprint density at radius 2 is 2.00 bits per heavy atom. The predicted molar refractivity (Wildman–Crippen MR) is 79.9 cm³/mol. The fourth-order valence-corrected chi connectivity index (χ4v) is 2.42. The molecule has 1 amide bonds. The van der Waals surface area contributed by atoms with Gasteiger partial charge in [0, 0.05) is 11.6 Å². The molecule has 3 N–H and O–H groups in total. The van der Waals surface area contributed by atoms with Gasteiger partial charge in [-0.3, -0.25) is 4.79 Å². The van der Waals surface area contributed by atoms with Gasteiger partial charge in [-0.05, 0) is 31.0 Å². The lowest BCUT2D eigenvalue weighted by Crippen LogP contribution is -2.24. The van der Waals surface area contributed by atoms with Gasteiger partial charge in [0.15, 0.2) is 0 Å². The van der Waals surface area contributed by atoms with E-state index in [-0.39, 0.29) is 24.2 Å². The van der Waals surface area contributed by atoms with Crippen molar-refractivity contribution >= 4 is 29.7 Å². The summed E-state index contributed by atoms with van der Waals surface area (Å²) in [4.78, 5) is 12.1. The molecule has 0 heterocycles. The molecule has 0 atom stereocenters. The summed E-state index contributed by atoms with van der Waals surface area (Å²) >= 11 is 0. The van der Waals surface area contributed by atoms with E-state index in [0.29, 0.717) is 11.4 Å². The quantitative estimate of drug-likeness (QED) is 0.838. The number of amides is 1. The fourth-order valence-electron chi connectivity index (χ4n) is 2.42. The molecule has 1 saturated carbocycles. The molecule has 5 heteroatoms. The summed E-state index contributed by atoms with van der Waals surface area (Å²) in [5.41, 5.74) is 7.09. The molecular formula is C14H21ClN2O2. The highest BCUT2D eigenvalue weighted by Gasteiger charge is 2.21. The molecule has 0 bridgehead atoms. The molecule has 106 valence electrons. The Kier molecular flexibility index (Phi) is 5.96. The number of methoxy groups -OCH3 is 1. The second-order valence-electron chi connectivity index (χ2n) is 4.78. The molecule has 1 aromatic rings. The van der Waals surface area contributed by atoms with E-state index in [0.717, 1.165) is 31.4 Å². The van der Waals surface area contributed by atoms with Crippen molar-refractivity contribution in [3.8, 4) is 5.75 Å². The molecule has 0 radical (unpaired) electrons. The first-order valence-electron chi connectivity index (χ1n) is 6.45. The first kappa shape index (κ1) is 15.6. The second kappa shape index (κ2) is 7.24. The van der Waals surface area contributed by atoms with Gasteiger partial charge >= 0.3 is 0 Å². The summed E-state index contributed by atoms with van der Waals surface area (Å²) in [6.45, 7) is 0. The Labute approximate surface area is 120 Å². The van der Waals surface area contributed by atoms with Gasteiger partial charge in [0.1, 0.15) is 5.75 Å². The summed E-state index contributed by atoms with van der Waals surface area (Å²) in [5, 5.41) is 2.93. The normalized spacial score (nSPS) is 15.4. The molecule has 0 aliphatic heterocycles. The number of ether oxygens (including phenoxy) is 1. The monoisotopic (exact) mass is 284 g/mol. The summed E-state index contributed by atoms with van der Waals surface area (Å²) in [6.07, 6.45) is 5.56. The molecule has 1 aliphatic carbocycles. The fraction of sp³-hybridized carbons (Fsp3) is 0.500. The highest BCUT2D eigenvalue weighted by molar-refractivity contribution is 5.93. The smallest absolute Gasteiger partial charge is 0.227 e. The van der Waals surface area contributed by atoms with E-state index >= 15 is 0 Å². The van der Waals surface area contributed by atoms with Gasteiger partial charge in [-0.2, -0.15) is 0 Å². The predicted octanol–water partition coefficient (Wildman–Crippen LogP) is 3.22. The summed E-state index contributed by atoms with van der Waals surface area (Å²) in [7, 11) is 1.58. The average Bonchev–Trinajstić information content (AvgIpc) is 2.40. The van der Waals surface area contributed by atoms with E-state index in [1.807, 2.05) is 6.07 Å². The van der Waals surface area contributed by atoms with E-state index in [1.54, 1.807) is 19.2 Å². The topological polar surface area (TPSA) is 64.3 Å².